The number of nitrogens with two attached hydrogens (primary N) is 3. The first-order valence-corrected chi connectivity index (χ1v) is 5.29. The van der Waals surface area contributed by atoms with Crippen LogP contribution in [-0.2, 0) is 6.54 Å². The Balaban J connectivity index is 2.21. The molecule has 1 saturated heterocycles. The number of anilines is 2. The first-order valence-electron chi connectivity index (χ1n) is 5.29. The van der Waals surface area contributed by atoms with Crippen molar-refractivity contribution in [2.75, 3.05) is 23.7 Å². The summed E-state index contributed by atoms with van der Waals surface area (Å²) in [6.45, 7) is 2.43. The van der Waals surface area contributed by atoms with Gasteiger partial charge in [0.05, 0.1) is 0 Å². The maximum Gasteiger partial charge on any atom is 0.0371 e. The average Bonchev–Trinajstić information content (AvgIpc) is 2.66. The van der Waals surface area contributed by atoms with Crippen molar-refractivity contribution in [2.24, 2.45) is 11.5 Å². The van der Waals surface area contributed by atoms with E-state index in [0.29, 0.717) is 12.6 Å². The molecule has 4 nitrogen and oxygen atoms in total. The maximum atomic E-state index is 5.87. The molecule has 1 atom stereocenters. The number of nitrogen functional groups attached to an aromatic ring is 1. The lowest BCUT2D eigenvalue weighted by Crippen LogP contribution is -2.26. The van der Waals surface area contributed by atoms with E-state index in [9.17, 15) is 0 Å². The molecule has 0 radical (unpaired) electrons. The van der Waals surface area contributed by atoms with E-state index in [2.05, 4.69) is 11.0 Å². The largest absolute Gasteiger partial charge is 0.398 e. The van der Waals surface area contributed by atoms with Gasteiger partial charge in [-0.15, -0.1) is 0 Å². The zero-order valence-electron chi connectivity index (χ0n) is 8.82. The molecule has 4 heteroatoms. The summed E-state index contributed by atoms with van der Waals surface area (Å²) in [6.07, 6.45) is 1.06. The van der Waals surface area contributed by atoms with Crippen LogP contribution in [0.4, 0.5) is 11.4 Å². The highest BCUT2D eigenvalue weighted by molar-refractivity contribution is 5.59. The van der Waals surface area contributed by atoms with Gasteiger partial charge in [0.25, 0.3) is 0 Å². The summed E-state index contributed by atoms with van der Waals surface area (Å²) in [5.41, 5.74) is 20.3. The van der Waals surface area contributed by atoms with E-state index in [-0.39, 0.29) is 0 Å². The van der Waals surface area contributed by atoms with Crippen molar-refractivity contribution in [2.45, 2.75) is 19.0 Å². The van der Waals surface area contributed by atoms with E-state index < -0.39 is 0 Å². The van der Waals surface area contributed by atoms with Crippen LogP contribution in [0.5, 0.6) is 0 Å². The second-order valence-corrected chi connectivity index (χ2v) is 4.08. The van der Waals surface area contributed by atoms with E-state index in [4.69, 9.17) is 17.2 Å². The Morgan fingerprint density at radius 1 is 1.40 bits per heavy atom. The first-order chi connectivity index (χ1) is 7.20. The van der Waals surface area contributed by atoms with Crippen LogP contribution < -0.4 is 22.1 Å². The third-order valence-electron chi connectivity index (χ3n) is 2.94. The van der Waals surface area contributed by atoms with E-state index in [1.165, 1.54) is 5.69 Å². The highest BCUT2D eigenvalue weighted by Crippen LogP contribution is 2.23. The van der Waals surface area contributed by atoms with Crippen LogP contribution in [0.15, 0.2) is 18.2 Å². The molecule has 0 amide bonds. The Labute approximate surface area is 90.0 Å². The minimum absolute atomic E-state index is 0.295. The zero-order chi connectivity index (χ0) is 10.8. The number of rotatable bonds is 2. The Kier molecular flexibility index (Phi) is 2.79. The van der Waals surface area contributed by atoms with Crippen LogP contribution in [0.2, 0.25) is 0 Å². The van der Waals surface area contributed by atoms with Gasteiger partial charge >= 0.3 is 0 Å². The molecule has 1 fully saturated rings. The van der Waals surface area contributed by atoms with Crippen molar-refractivity contribution >= 4 is 11.4 Å². The Morgan fingerprint density at radius 3 is 2.80 bits per heavy atom. The summed E-state index contributed by atoms with van der Waals surface area (Å²) in [6, 6.07) is 6.31. The Hall–Kier alpha value is -1.26. The molecule has 82 valence electrons. The fourth-order valence-corrected chi connectivity index (χ4v) is 1.99. The minimum Gasteiger partial charge on any atom is -0.398 e. The van der Waals surface area contributed by atoms with Gasteiger partial charge < -0.3 is 22.1 Å². The average molecular weight is 206 g/mol. The Morgan fingerprint density at radius 2 is 2.20 bits per heavy atom. The van der Waals surface area contributed by atoms with Gasteiger partial charge in [-0.25, -0.2) is 0 Å². The number of benzene rings is 1. The fraction of sp³-hybridized carbons (Fsp3) is 0.455. The summed E-state index contributed by atoms with van der Waals surface area (Å²) in [5.74, 6) is 0. The standard InChI is InChI=1S/C11H18N4/c12-6-8-5-10(1-2-11(8)14)15-4-3-9(13)7-15/h1-2,5,9H,3-4,6-7,12-14H2. The SMILES string of the molecule is NCc1cc(N2CCC(N)C2)ccc1N. The fourth-order valence-electron chi connectivity index (χ4n) is 1.99. The van der Waals surface area contributed by atoms with Crippen LogP contribution in [-0.4, -0.2) is 19.1 Å². The number of hydrogen-bond acceptors (Lipinski definition) is 4. The topological polar surface area (TPSA) is 81.3 Å². The van der Waals surface area contributed by atoms with Gasteiger partial charge in [-0.05, 0) is 30.2 Å². The smallest absolute Gasteiger partial charge is 0.0371 e. The van der Waals surface area contributed by atoms with Gasteiger partial charge in [-0.1, -0.05) is 0 Å². The van der Waals surface area contributed by atoms with Gasteiger partial charge in [-0.3, -0.25) is 0 Å². The van der Waals surface area contributed by atoms with Crippen molar-refractivity contribution in [1.82, 2.24) is 0 Å². The molecule has 0 aromatic heterocycles. The van der Waals surface area contributed by atoms with Crippen LogP contribution in [0, 0.1) is 0 Å². The highest BCUT2D eigenvalue weighted by atomic mass is 15.2. The van der Waals surface area contributed by atoms with Crippen molar-refractivity contribution < 1.29 is 0 Å². The van der Waals surface area contributed by atoms with Gasteiger partial charge in [0.15, 0.2) is 0 Å². The predicted octanol–water partition coefficient (Wildman–Crippen LogP) is 0.265. The van der Waals surface area contributed by atoms with E-state index in [1.54, 1.807) is 0 Å². The van der Waals surface area contributed by atoms with Crippen LogP contribution in [0.3, 0.4) is 0 Å². The first kappa shape index (κ1) is 10.3. The quantitative estimate of drug-likeness (QED) is 0.606. The molecule has 2 rings (SSSR count). The van der Waals surface area contributed by atoms with Crippen molar-refractivity contribution in [1.29, 1.82) is 0 Å². The van der Waals surface area contributed by atoms with Crippen molar-refractivity contribution in [3.63, 3.8) is 0 Å². The second kappa shape index (κ2) is 4.08. The second-order valence-electron chi connectivity index (χ2n) is 4.08. The molecule has 1 unspecified atom stereocenters. The molecule has 0 spiro atoms. The number of nitrogens with zero attached hydrogens (tertiary/aromatic N) is 1. The third-order valence-corrected chi connectivity index (χ3v) is 2.94. The molecule has 1 aromatic carbocycles. The molecule has 1 aromatic rings. The van der Waals surface area contributed by atoms with Crippen LogP contribution >= 0.6 is 0 Å². The van der Waals surface area contributed by atoms with Crippen LogP contribution in [0.1, 0.15) is 12.0 Å². The number of hydrogen-bond donors (Lipinski definition) is 3. The highest BCUT2D eigenvalue weighted by Gasteiger charge is 2.19. The normalized spacial score (nSPS) is 20.9. The lowest BCUT2D eigenvalue weighted by Gasteiger charge is -2.19. The van der Waals surface area contributed by atoms with Gasteiger partial charge in [0, 0.05) is 37.1 Å². The lowest BCUT2D eigenvalue weighted by molar-refractivity contribution is 0.752. The maximum absolute atomic E-state index is 5.87. The van der Waals surface area contributed by atoms with E-state index in [0.717, 1.165) is 30.8 Å². The molecule has 0 bridgehead atoms. The monoisotopic (exact) mass is 206 g/mol. The molecule has 1 aliphatic rings. The van der Waals surface area contributed by atoms with Gasteiger partial charge in [-0.2, -0.15) is 0 Å². The third kappa shape index (κ3) is 2.06. The zero-order valence-corrected chi connectivity index (χ0v) is 8.82. The molecule has 15 heavy (non-hydrogen) atoms. The van der Waals surface area contributed by atoms with Crippen molar-refractivity contribution in [3.8, 4) is 0 Å². The van der Waals surface area contributed by atoms with E-state index in [1.807, 2.05) is 12.1 Å². The Bertz CT molecular complexity index is 350. The summed E-state index contributed by atoms with van der Waals surface area (Å²) in [7, 11) is 0. The lowest BCUT2D eigenvalue weighted by atomic mass is 10.1. The molecule has 0 aliphatic carbocycles. The van der Waals surface area contributed by atoms with Gasteiger partial charge in [0.1, 0.15) is 0 Å². The molecule has 0 saturated carbocycles. The molecule has 6 N–H and O–H groups in total. The van der Waals surface area contributed by atoms with Gasteiger partial charge in [0.2, 0.25) is 0 Å². The summed E-state index contributed by atoms with van der Waals surface area (Å²) in [4.78, 5) is 2.28. The predicted molar refractivity (Wildman–Crippen MR) is 63.6 cm³/mol. The van der Waals surface area contributed by atoms with Crippen LogP contribution in [0.25, 0.3) is 0 Å². The van der Waals surface area contributed by atoms with Crippen molar-refractivity contribution in [3.05, 3.63) is 23.8 Å². The van der Waals surface area contributed by atoms with E-state index >= 15 is 0 Å². The minimum atomic E-state index is 0.295. The molecule has 1 heterocycles. The summed E-state index contributed by atoms with van der Waals surface area (Å²) < 4.78 is 0. The molecule has 1 aliphatic heterocycles. The summed E-state index contributed by atoms with van der Waals surface area (Å²) in [5, 5.41) is 0. The molecular formula is C11H18N4. The summed E-state index contributed by atoms with van der Waals surface area (Å²) >= 11 is 0. The molecular weight excluding hydrogens is 188 g/mol.